The van der Waals surface area contributed by atoms with Crippen molar-refractivity contribution in [3.8, 4) is 0 Å². The SMILES string of the molecule is CC(=O)NC1C(OC2C(CO)OC(OP(=O)(O)OP(=O)(O)OCCC(C)CCC=C(C)CCC=C(C)CCC=C(C)CCC=C(C)C)C(NC(C)=O)C2O)OC(CO)C(O)C1O. The summed E-state index contributed by atoms with van der Waals surface area (Å²) < 4.78 is 57.1. The lowest BCUT2D eigenvalue weighted by Gasteiger charge is -2.48. The summed E-state index contributed by atoms with van der Waals surface area (Å²) in [5, 5.41) is 56.7. The normalized spacial score (nSPS) is 29.9. The Hall–Kier alpha value is -2.16. The molecule has 2 fully saturated rings. The number of carbonyl (C=O) groups is 2. The van der Waals surface area contributed by atoms with Crippen molar-refractivity contribution >= 4 is 27.5 Å². The average Bonchev–Trinajstić information content (AvgIpc) is 3.15. The molecule has 62 heavy (non-hydrogen) atoms. The number of hydrogen-bond donors (Lipinski definition) is 9. The maximum atomic E-state index is 13.0. The second-order valence-corrected chi connectivity index (χ2v) is 19.5. The number of aliphatic hydroxyl groups excluding tert-OH is 5. The molecule has 2 rings (SSSR count). The van der Waals surface area contributed by atoms with Crippen molar-refractivity contribution in [1.82, 2.24) is 10.6 Å². The van der Waals surface area contributed by atoms with Crippen LogP contribution in [0.25, 0.3) is 0 Å². The highest BCUT2D eigenvalue weighted by Crippen LogP contribution is 2.61. The van der Waals surface area contributed by atoms with Gasteiger partial charge >= 0.3 is 15.6 Å². The molecule has 0 bridgehead atoms. The number of ether oxygens (including phenoxy) is 3. The molecular weight excluding hydrogens is 854 g/mol. The third-order valence-electron chi connectivity index (χ3n) is 10.4. The number of phosphoric acid groups is 2. The molecule has 21 heteroatoms. The Morgan fingerprint density at radius 1 is 0.661 bits per heavy atom. The quantitative estimate of drug-likeness (QED) is 0.0436. The Morgan fingerprint density at radius 3 is 1.65 bits per heavy atom. The van der Waals surface area contributed by atoms with Crippen LogP contribution in [-0.4, -0.2) is 128 Å². The summed E-state index contributed by atoms with van der Waals surface area (Å²) in [5.41, 5.74) is 5.39. The van der Waals surface area contributed by atoms with Gasteiger partial charge in [0.1, 0.15) is 48.7 Å². The predicted molar refractivity (Wildman–Crippen MR) is 229 cm³/mol. The van der Waals surface area contributed by atoms with E-state index in [4.69, 9.17) is 23.3 Å². The first-order valence-corrected chi connectivity index (χ1v) is 24.0. The molecule has 358 valence electrons. The molecule has 2 saturated heterocycles. The largest absolute Gasteiger partial charge is 0.483 e. The zero-order valence-corrected chi connectivity index (χ0v) is 39.0. The van der Waals surface area contributed by atoms with Crippen LogP contribution in [0.5, 0.6) is 0 Å². The van der Waals surface area contributed by atoms with Crippen LogP contribution in [-0.2, 0) is 46.3 Å². The van der Waals surface area contributed by atoms with E-state index in [1.165, 1.54) is 22.3 Å². The lowest BCUT2D eigenvalue weighted by molar-refractivity contribution is -0.325. The summed E-state index contributed by atoms with van der Waals surface area (Å²) in [6.07, 6.45) is 3.12. The molecule has 2 aliphatic rings. The summed E-state index contributed by atoms with van der Waals surface area (Å²) in [7, 11) is -10.8. The zero-order chi connectivity index (χ0) is 46.8. The van der Waals surface area contributed by atoms with Gasteiger partial charge in [-0.3, -0.25) is 18.6 Å². The average molecular weight is 927 g/mol. The van der Waals surface area contributed by atoms with Crippen LogP contribution >= 0.6 is 15.6 Å². The number of amides is 2. The maximum absolute atomic E-state index is 13.0. The number of carbonyl (C=O) groups excluding carboxylic acids is 2. The fraction of sp³-hybridized carbons (Fsp3) is 0.756. The standard InChI is InChI=1S/C41H72N2O17P2/c1-25(2)13-9-14-26(3)15-10-16-27(4)17-11-18-28(5)19-12-20-29(6)21-22-55-61(51,52)60-62(53,54)59-41-35(43-31(8)47)38(50)39(33(24-45)57-41)58-40-34(42-30(7)46)37(49)36(48)32(23-44)56-40/h13,15,17,19,29,32-41,44-45,48-50H,9-12,14,16,18,20-24H2,1-8H3,(H,42,46)(H,43,47)(H,51,52)(H,53,54). The molecule has 0 aliphatic carbocycles. The second-order valence-electron chi connectivity index (χ2n) is 16.5. The van der Waals surface area contributed by atoms with E-state index in [1.54, 1.807) is 0 Å². The second kappa shape index (κ2) is 27.3. The first kappa shape index (κ1) is 56.0. The van der Waals surface area contributed by atoms with E-state index in [2.05, 4.69) is 73.9 Å². The highest BCUT2D eigenvalue weighted by molar-refractivity contribution is 7.61. The monoisotopic (exact) mass is 926 g/mol. The van der Waals surface area contributed by atoms with Gasteiger partial charge in [-0.2, -0.15) is 4.31 Å². The van der Waals surface area contributed by atoms with E-state index in [-0.39, 0.29) is 12.5 Å². The van der Waals surface area contributed by atoms with Gasteiger partial charge in [-0.1, -0.05) is 53.5 Å². The van der Waals surface area contributed by atoms with Gasteiger partial charge in [-0.25, -0.2) is 9.13 Å². The summed E-state index contributed by atoms with van der Waals surface area (Å²) in [4.78, 5) is 44.8. The van der Waals surface area contributed by atoms with Crippen molar-refractivity contribution in [1.29, 1.82) is 0 Å². The molecule has 2 amide bonds. The fourth-order valence-electron chi connectivity index (χ4n) is 6.87. The van der Waals surface area contributed by atoms with E-state index in [9.17, 15) is 54.0 Å². The Morgan fingerprint density at radius 2 is 1.15 bits per heavy atom. The number of hydrogen-bond acceptors (Lipinski definition) is 15. The molecule has 13 atom stereocenters. The molecule has 0 spiro atoms. The molecule has 2 aliphatic heterocycles. The predicted octanol–water partition coefficient (Wildman–Crippen LogP) is 4.10. The van der Waals surface area contributed by atoms with Crippen molar-refractivity contribution < 1.29 is 81.6 Å². The van der Waals surface area contributed by atoms with E-state index in [0.29, 0.717) is 6.42 Å². The zero-order valence-electron chi connectivity index (χ0n) is 37.3. The van der Waals surface area contributed by atoms with Crippen LogP contribution in [0.2, 0.25) is 0 Å². The van der Waals surface area contributed by atoms with Crippen molar-refractivity contribution in [3.05, 3.63) is 46.6 Å². The minimum atomic E-state index is -5.58. The molecule has 9 N–H and O–H groups in total. The Labute approximate surface area is 365 Å². The van der Waals surface area contributed by atoms with Crippen molar-refractivity contribution in [2.24, 2.45) is 5.92 Å². The maximum Gasteiger partial charge on any atom is 0.483 e. The van der Waals surface area contributed by atoms with E-state index >= 15 is 0 Å². The molecule has 0 saturated carbocycles. The highest BCUT2D eigenvalue weighted by Gasteiger charge is 2.53. The van der Waals surface area contributed by atoms with Crippen LogP contribution in [0.15, 0.2) is 46.6 Å². The molecule has 19 nitrogen and oxygen atoms in total. The molecule has 13 unspecified atom stereocenters. The van der Waals surface area contributed by atoms with Crippen molar-refractivity contribution in [2.75, 3.05) is 19.8 Å². The molecule has 0 aromatic heterocycles. The Bertz CT molecular complexity index is 1640. The van der Waals surface area contributed by atoms with Crippen LogP contribution in [0.4, 0.5) is 0 Å². The smallest absolute Gasteiger partial charge is 0.394 e. The molecule has 0 aromatic carbocycles. The van der Waals surface area contributed by atoms with Gasteiger partial charge in [0.2, 0.25) is 11.8 Å². The third kappa shape index (κ3) is 20.3. The van der Waals surface area contributed by atoms with E-state index in [1.807, 2.05) is 6.92 Å². The van der Waals surface area contributed by atoms with Gasteiger partial charge in [0.05, 0.1) is 19.8 Å². The lowest BCUT2D eigenvalue weighted by Crippen LogP contribution is -2.69. The molecule has 2 heterocycles. The molecule has 0 radical (unpaired) electrons. The van der Waals surface area contributed by atoms with Gasteiger partial charge in [0, 0.05) is 13.8 Å². The highest BCUT2D eigenvalue weighted by atomic mass is 31.3. The van der Waals surface area contributed by atoms with E-state index < -0.39 is 102 Å². The third-order valence-corrected chi connectivity index (χ3v) is 13.0. The van der Waals surface area contributed by atoms with Crippen molar-refractivity contribution in [2.45, 2.75) is 174 Å². The van der Waals surface area contributed by atoms with E-state index in [0.717, 1.165) is 65.2 Å². The number of aliphatic hydroxyl groups is 5. The minimum Gasteiger partial charge on any atom is -0.394 e. The lowest BCUT2D eigenvalue weighted by atomic mass is 9.94. The molecular formula is C41H72N2O17P2. The first-order valence-electron chi connectivity index (χ1n) is 21.1. The van der Waals surface area contributed by atoms with Crippen LogP contribution < -0.4 is 10.6 Å². The van der Waals surface area contributed by atoms with Crippen LogP contribution in [0.3, 0.4) is 0 Å². The van der Waals surface area contributed by atoms with Gasteiger partial charge in [-0.15, -0.1) is 0 Å². The van der Waals surface area contributed by atoms with Crippen LogP contribution in [0, 0.1) is 5.92 Å². The summed E-state index contributed by atoms with van der Waals surface area (Å²) in [6.45, 7) is 12.7. The molecule has 0 aromatic rings. The Balaban J connectivity index is 1.92. The van der Waals surface area contributed by atoms with Gasteiger partial charge < -0.3 is 60.2 Å². The number of nitrogens with one attached hydrogen (secondary N) is 2. The van der Waals surface area contributed by atoms with Gasteiger partial charge in [0.25, 0.3) is 0 Å². The first-order chi connectivity index (χ1) is 29.0. The summed E-state index contributed by atoms with van der Waals surface area (Å²) in [6, 6.07) is -3.24. The summed E-state index contributed by atoms with van der Waals surface area (Å²) in [5.74, 6) is -1.44. The summed E-state index contributed by atoms with van der Waals surface area (Å²) >= 11 is 0. The van der Waals surface area contributed by atoms with Gasteiger partial charge in [-0.05, 0) is 98.3 Å². The number of allylic oxidation sites excluding steroid dienone is 8. The Kier molecular flexibility index (Phi) is 24.7. The van der Waals surface area contributed by atoms with Gasteiger partial charge in [0.15, 0.2) is 12.6 Å². The van der Waals surface area contributed by atoms with Crippen molar-refractivity contribution in [3.63, 3.8) is 0 Å². The number of phosphoric ester groups is 2. The minimum absolute atomic E-state index is 0.0495. The topological polar surface area (TPSA) is 289 Å². The van der Waals surface area contributed by atoms with Crippen LogP contribution in [0.1, 0.15) is 113 Å². The number of rotatable bonds is 26. The fourth-order valence-corrected chi connectivity index (χ4v) is 9.04.